The third-order valence-electron chi connectivity index (χ3n) is 4.92. The normalized spacial score (nSPS) is 13.6. The van der Waals surface area contributed by atoms with Gasteiger partial charge in [0.1, 0.15) is 5.76 Å². The standard InChI is InChI=1S/C22H15Cl2NO5S/c1-31(28,29)14-4-2-3-11(7-14)12-8-17(26)19-18(9-12)30-22(20(19)25)21(27)15-6-5-13(23)10-16(15)24/h2-7,9-10H,8,25H2,1H3. The van der Waals surface area contributed by atoms with E-state index in [1.807, 2.05) is 0 Å². The average Bonchev–Trinajstić information content (AvgIpc) is 3.04. The number of ketones is 2. The fourth-order valence-corrected chi connectivity index (χ4v) is 4.56. The maximum Gasteiger partial charge on any atom is 0.231 e. The van der Waals surface area contributed by atoms with Crippen molar-refractivity contribution in [3.05, 3.63) is 80.7 Å². The number of furan rings is 1. The Hall–Kier alpha value is -2.87. The van der Waals surface area contributed by atoms with Crippen LogP contribution in [0.5, 0.6) is 0 Å². The Morgan fingerprint density at radius 2 is 1.87 bits per heavy atom. The van der Waals surface area contributed by atoms with Gasteiger partial charge in [-0.3, -0.25) is 9.59 Å². The fourth-order valence-electron chi connectivity index (χ4n) is 3.40. The number of benzene rings is 2. The van der Waals surface area contributed by atoms with E-state index >= 15 is 0 Å². The highest BCUT2D eigenvalue weighted by Gasteiger charge is 2.31. The highest BCUT2D eigenvalue weighted by atomic mass is 35.5. The van der Waals surface area contributed by atoms with Crippen molar-refractivity contribution in [1.29, 1.82) is 0 Å². The molecule has 0 atom stereocenters. The molecule has 0 radical (unpaired) electrons. The van der Waals surface area contributed by atoms with Crippen LogP contribution in [-0.2, 0) is 9.84 Å². The summed E-state index contributed by atoms with van der Waals surface area (Å²) in [7, 11) is -3.41. The molecule has 0 fully saturated rings. The van der Waals surface area contributed by atoms with Gasteiger partial charge in [-0.05, 0) is 47.5 Å². The van der Waals surface area contributed by atoms with E-state index in [4.69, 9.17) is 33.4 Å². The molecule has 4 rings (SSSR count). The number of nitrogens with two attached hydrogens (primary N) is 1. The van der Waals surface area contributed by atoms with E-state index < -0.39 is 15.6 Å². The first-order valence-electron chi connectivity index (χ1n) is 9.02. The van der Waals surface area contributed by atoms with Gasteiger partial charge in [-0.1, -0.05) is 35.3 Å². The Balaban J connectivity index is 1.79. The topological polar surface area (TPSA) is 107 Å². The van der Waals surface area contributed by atoms with Gasteiger partial charge < -0.3 is 10.2 Å². The second-order valence-corrected chi connectivity index (χ2v) is 9.97. The molecule has 3 aromatic rings. The zero-order chi connectivity index (χ0) is 22.5. The van der Waals surface area contributed by atoms with Crippen molar-refractivity contribution in [2.45, 2.75) is 11.3 Å². The largest absolute Gasteiger partial charge is 0.450 e. The third kappa shape index (κ3) is 3.92. The summed E-state index contributed by atoms with van der Waals surface area (Å²) in [4.78, 5) is 25.9. The number of allylic oxidation sites excluding steroid dienone is 1. The molecular weight excluding hydrogens is 461 g/mol. The number of hydrogen-bond acceptors (Lipinski definition) is 6. The minimum absolute atomic E-state index is 0.0146. The van der Waals surface area contributed by atoms with Gasteiger partial charge in [0.2, 0.25) is 5.78 Å². The Morgan fingerprint density at radius 3 is 2.55 bits per heavy atom. The number of carbonyl (C=O) groups excluding carboxylic acids is 2. The molecule has 0 saturated carbocycles. The third-order valence-corrected chi connectivity index (χ3v) is 6.58. The van der Waals surface area contributed by atoms with Crippen LogP contribution < -0.4 is 5.73 Å². The van der Waals surface area contributed by atoms with Gasteiger partial charge in [0.15, 0.2) is 21.4 Å². The molecule has 2 N–H and O–H groups in total. The van der Waals surface area contributed by atoms with E-state index in [1.54, 1.807) is 18.2 Å². The molecule has 0 bridgehead atoms. The van der Waals surface area contributed by atoms with E-state index in [1.165, 1.54) is 30.3 Å². The Kier molecular flexibility index (Phi) is 5.29. The monoisotopic (exact) mass is 475 g/mol. The van der Waals surface area contributed by atoms with E-state index in [0.29, 0.717) is 16.2 Å². The minimum atomic E-state index is -3.41. The molecule has 158 valence electrons. The first-order chi connectivity index (χ1) is 14.6. The quantitative estimate of drug-likeness (QED) is 0.535. The summed E-state index contributed by atoms with van der Waals surface area (Å²) in [6.45, 7) is 0. The van der Waals surface area contributed by atoms with Crippen LogP contribution >= 0.6 is 23.2 Å². The van der Waals surface area contributed by atoms with Gasteiger partial charge >= 0.3 is 0 Å². The molecule has 0 aliphatic heterocycles. The first kappa shape index (κ1) is 21.4. The Morgan fingerprint density at radius 1 is 1.13 bits per heavy atom. The second-order valence-electron chi connectivity index (χ2n) is 7.11. The number of sulfone groups is 1. The van der Waals surface area contributed by atoms with Crippen LogP contribution in [0.4, 0.5) is 5.69 Å². The molecule has 2 aromatic carbocycles. The Bertz CT molecular complexity index is 1400. The number of halogens is 2. The predicted octanol–water partition coefficient (Wildman–Crippen LogP) is 4.93. The summed E-state index contributed by atoms with van der Waals surface area (Å²) in [6.07, 6.45) is 2.69. The highest BCUT2D eigenvalue weighted by molar-refractivity contribution is 7.90. The van der Waals surface area contributed by atoms with Crippen LogP contribution in [0.2, 0.25) is 10.0 Å². The number of nitrogen functional groups attached to an aromatic ring is 1. The summed E-state index contributed by atoms with van der Waals surface area (Å²) in [5, 5.41) is 0.499. The number of rotatable bonds is 4. The molecule has 1 aliphatic rings. The number of fused-ring (bicyclic) bond motifs is 1. The van der Waals surface area contributed by atoms with Gasteiger partial charge in [-0.2, -0.15) is 0 Å². The molecule has 31 heavy (non-hydrogen) atoms. The summed E-state index contributed by atoms with van der Waals surface area (Å²) in [6, 6.07) is 10.7. The molecule has 9 heteroatoms. The highest BCUT2D eigenvalue weighted by Crippen LogP contribution is 2.38. The number of anilines is 1. The lowest BCUT2D eigenvalue weighted by Crippen LogP contribution is -2.10. The van der Waals surface area contributed by atoms with Gasteiger partial charge in [-0.15, -0.1) is 0 Å². The van der Waals surface area contributed by atoms with Gasteiger partial charge in [0.25, 0.3) is 0 Å². The molecule has 1 aromatic heterocycles. The van der Waals surface area contributed by atoms with Crippen LogP contribution in [0, 0.1) is 0 Å². The minimum Gasteiger partial charge on any atom is -0.450 e. The number of hydrogen-bond donors (Lipinski definition) is 1. The first-order valence-corrected chi connectivity index (χ1v) is 11.7. The van der Waals surface area contributed by atoms with Crippen molar-refractivity contribution in [1.82, 2.24) is 0 Å². The van der Waals surface area contributed by atoms with Crippen molar-refractivity contribution in [3.8, 4) is 0 Å². The van der Waals surface area contributed by atoms with E-state index in [-0.39, 0.29) is 50.5 Å². The maximum atomic E-state index is 12.9. The summed E-state index contributed by atoms with van der Waals surface area (Å²) in [5.41, 5.74) is 7.40. The van der Waals surface area contributed by atoms with Crippen molar-refractivity contribution in [3.63, 3.8) is 0 Å². The van der Waals surface area contributed by atoms with Crippen molar-refractivity contribution in [2.24, 2.45) is 0 Å². The molecule has 0 spiro atoms. The summed E-state index contributed by atoms with van der Waals surface area (Å²) in [5.74, 6) is -0.956. The van der Waals surface area contributed by atoms with Crippen molar-refractivity contribution < 1.29 is 22.4 Å². The number of Topliss-reactive ketones (excluding diaryl/α,β-unsaturated/α-hetero) is 1. The molecule has 0 unspecified atom stereocenters. The van der Waals surface area contributed by atoms with Crippen molar-refractivity contribution in [2.75, 3.05) is 12.0 Å². The van der Waals surface area contributed by atoms with Gasteiger partial charge in [0, 0.05) is 23.3 Å². The van der Waals surface area contributed by atoms with Crippen LogP contribution in [0.3, 0.4) is 0 Å². The van der Waals surface area contributed by atoms with Gasteiger partial charge in [0.05, 0.1) is 21.2 Å². The zero-order valence-corrected chi connectivity index (χ0v) is 18.4. The van der Waals surface area contributed by atoms with Crippen LogP contribution in [0.1, 0.15) is 44.2 Å². The second kappa shape index (κ2) is 7.67. The van der Waals surface area contributed by atoms with E-state index in [0.717, 1.165) is 6.26 Å². The van der Waals surface area contributed by atoms with Crippen LogP contribution in [-0.4, -0.2) is 26.2 Å². The lowest BCUT2D eigenvalue weighted by Gasteiger charge is -2.13. The predicted molar refractivity (Wildman–Crippen MR) is 119 cm³/mol. The molecule has 0 saturated heterocycles. The summed E-state index contributed by atoms with van der Waals surface area (Å²) >= 11 is 12.0. The average molecular weight is 476 g/mol. The Labute approximate surface area is 188 Å². The summed E-state index contributed by atoms with van der Waals surface area (Å²) < 4.78 is 29.4. The molecular formula is C22H15Cl2NO5S. The SMILES string of the molecule is CS(=O)(=O)c1cccc(C2=Cc3oc(C(=O)c4ccc(Cl)cc4Cl)c(N)c3C(=O)C2)c1. The van der Waals surface area contributed by atoms with Crippen LogP contribution in [0.25, 0.3) is 11.6 Å². The molecule has 0 amide bonds. The lowest BCUT2D eigenvalue weighted by atomic mass is 9.90. The van der Waals surface area contributed by atoms with E-state index in [9.17, 15) is 18.0 Å². The smallest absolute Gasteiger partial charge is 0.231 e. The van der Waals surface area contributed by atoms with E-state index in [2.05, 4.69) is 0 Å². The molecule has 1 heterocycles. The molecule has 6 nitrogen and oxygen atoms in total. The van der Waals surface area contributed by atoms with Crippen molar-refractivity contribution >= 4 is 61.9 Å². The van der Waals surface area contributed by atoms with Crippen LogP contribution in [0.15, 0.2) is 51.8 Å². The fraction of sp³-hybridized carbons (Fsp3) is 0.0909. The number of carbonyl (C=O) groups is 2. The maximum absolute atomic E-state index is 12.9. The lowest BCUT2D eigenvalue weighted by molar-refractivity contribution is 0.0991. The molecule has 1 aliphatic carbocycles. The van der Waals surface area contributed by atoms with Gasteiger partial charge in [-0.25, -0.2) is 8.42 Å². The zero-order valence-electron chi connectivity index (χ0n) is 16.1.